The Morgan fingerprint density at radius 2 is 1.48 bits per heavy atom. The molecule has 29 heavy (non-hydrogen) atoms. The third-order valence-corrected chi connectivity index (χ3v) is 6.21. The molecule has 2 aliphatic rings. The van der Waals surface area contributed by atoms with E-state index in [9.17, 15) is 8.78 Å². The van der Waals surface area contributed by atoms with Crippen molar-refractivity contribution in [2.45, 2.75) is 44.8 Å². The molecule has 2 aromatic rings. The minimum Gasteiger partial charge on any atom is -0.352 e. The maximum Gasteiger partial charge on any atom is 0.160 e. The standard InChI is InChI=1S/C25H28F2O2/c1-2-3-17-15-28-25(29-16-17)21-10-8-19(9-11-21)18-4-6-20(7-5-18)22-12-13-23(26)24(27)14-22/h2-7,12-14,17,19,21,25H,8-11,15-16H2,1H3/b3-2+/t17-,19?,21?,25-. The lowest BCUT2D eigenvalue weighted by atomic mass is 9.78. The summed E-state index contributed by atoms with van der Waals surface area (Å²) in [5, 5.41) is 0. The highest BCUT2D eigenvalue weighted by molar-refractivity contribution is 5.63. The Labute approximate surface area is 171 Å². The van der Waals surface area contributed by atoms with E-state index in [1.807, 2.05) is 19.1 Å². The largest absolute Gasteiger partial charge is 0.352 e. The van der Waals surface area contributed by atoms with Crippen molar-refractivity contribution in [2.24, 2.45) is 11.8 Å². The Balaban J connectivity index is 1.32. The molecule has 0 radical (unpaired) electrons. The van der Waals surface area contributed by atoms with Crippen LogP contribution in [0.1, 0.15) is 44.1 Å². The summed E-state index contributed by atoms with van der Waals surface area (Å²) in [6.07, 6.45) is 8.60. The first kappa shape index (κ1) is 20.2. The van der Waals surface area contributed by atoms with Crippen molar-refractivity contribution in [2.75, 3.05) is 13.2 Å². The number of benzene rings is 2. The zero-order valence-electron chi connectivity index (χ0n) is 16.8. The molecule has 0 aromatic heterocycles. The number of ether oxygens (including phenoxy) is 2. The van der Waals surface area contributed by atoms with Gasteiger partial charge in [0.05, 0.1) is 13.2 Å². The summed E-state index contributed by atoms with van der Waals surface area (Å²) in [6, 6.07) is 12.3. The van der Waals surface area contributed by atoms with E-state index in [0.717, 1.165) is 44.5 Å². The number of allylic oxidation sites excluding steroid dienone is 1. The summed E-state index contributed by atoms with van der Waals surface area (Å²) in [6.45, 7) is 3.53. The van der Waals surface area contributed by atoms with Gasteiger partial charge in [0.25, 0.3) is 0 Å². The van der Waals surface area contributed by atoms with Crippen LogP contribution in [0.5, 0.6) is 0 Å². The van der Waals surface area contributed by atoms with Crippen LogP contribution in [-0.2, 0) is 9.47 Å². The van der Waals surface area contributed by atoms with Gasteiger partial charge in [-0.15, -0.1) is 0 Å². The second kappa shape index (κ2) is 9.19. The zero-order valence-corrected chi connectivity index (χ0v) is 16.8. The van der Waals surface area contributed by atoms with Crippen LogP contribution >= 0.6 is 0 Å². The van der Waals surface area contributed by atoms with Gasteiger partial charge in [-0.05, 0) is 67.3 Å². The predicted molar refractivity (Wildman–Crippen MR) is 110 cm³/mol. The molecular formula is C25H28F2O2. The fourth-order valence-electron chi connectivity index (χ4n) is 4.54. The molecule has 0 spiro atoms. The van der Waals surface area contributed by atoms with Crippen LogP contribution in [-0.4, -0.2) is 19.5 Å². The van der Waals surface area contributed by atoms with Gasteiger partial charge in [0.1, 0.15) is 0 Å². The third-order valence-electron chi connectivity index (χ3n) is 6.21. The van der Waals surface area contributed by atoms with Gasteiger partial charge in [-0.3, -0.25) is 0 Å². The van der Waals surface area contributed by atoms with Crippen LogP contribution in [0.25, 0.3) is 11.1 Å². The lowest BCUT2D eigenvalue weighted by Crippen LogP contribution is -2.37. The van der Waals surface area contributed by atoms with Crippen molar-refractivity contribution in [3.63, 3.8) is 0 Å². The van der Waals surface area contributed by atoms with E-state index >= 15 is 0 Å². The summed E-state index contributed by atoms with van der Waals surface area (Å²) in [7, 11) is 0. The Morgan fingerprint density at radius 1 is 0.828 bits per heavy atom. The topological polar surface area (TPSA) is 18.5 Å². The highest BCUT2D eigenvalue weighted by Crippen LogP contribution is 2.39. The molecule has 2 nitrogen and oxygen atoms in total. The maximum atomic E-state index is 13.5. The van der Waals surface area contributed by atoms with E-state index in [-0.39, 0.29) is 6.29 Å². The lowest BCUT2D eigenvalue weighted by molar-refractivity contribution is -0.222. The van der Waals surface area contributed by atoms with E-state index in [1.165, 1.54) is 17.7 Å². The molecule has 4 heteroatoms. The van der Waals surface area contributed by atoms with Gasteiger partial charge >= 0.3 is 0 Å². The van der Waals surface area contributed by atoms with Gasteiger partial charge in [-0.25, -0.2) is 8.78 Å². The van der Waals surface area contributed by atoms with Crippen LogP contribution in [0.4, 0.5) is 8.78 Å². The lowest BCUT2D eigenvalue weighted by Gasteiger charge is -2.37. The summed E-state index contributed by atoms with van der Waals surface area (Å²) < 4.78 is 38.6. The molecule has 1 aliphatic heterocycles. The van der Waals surface area contributed by atoms with E-state index in [2.05, 4.69) is 24.3 Å². The Morgan fingerprint density at radius 3 is 2.10 bits per heavy atom. The second-order valence-electron chi connectivity index (χ2n) is 8.18. The summed E-state index contributed by atoms with van der Waals surface area (Å²) in [5.41, 5.74) is 2.91. The van der Waals surface area contributed by atoms with Crippen molar-refractivity contribution < 1.29 is 18.3 Å². The van der Waals surface area contributed by atoms with Crippen LogP contribution < -0.4 is 0 Å². The van der Waals surface area contributed by atoms with Gasteiger partial charge in [0.2, 0.25) is 0 Å². The van der Waals surface area contributed by atoms with E-state index in [1.54, 1.807) is 6.07 Å². The normalized spacial score (nSPS) is 28.0. The molecule has 1 saturated carbocycles. The Hall–Kier alpha value is -2.04. The van der Waals surface area contributed by atoms with Crippen molar-refractivity contribution >= 4 is 0 Å². The minimum absolute atomic E-state index is 0.0618. The first-order chi connectivity index (χ1) is 14.1. The fourth-order valence-corrected chi connectivity index (χ4v) is 4.54. The highest BCUT2D eigenvalue weighted by atomic mass is 19.2. The average Bonchev–Trinajstić information content (AvgIpc) is 2.77. The monoisotopic (exact) mass is 398 g/mol. The molecule has 0 atom stereocenters. The Kier molecular flexibility index (Phi) is 6.41. The minimum atomic E-state index is -0.814. The molecule has 2 fully saturated rings. The number of hydrogen-bond donors (Lipinski definition) is 0. The van der Waals surface area contributed by atoms with Crippen LogP contribution in [0, 0.1) is 23.5 Å². The second-order valence-corrected chi connectivity index (χ2v) is 8.18. The Bertz CT molecular complexity index is 830. The van der Waals surface area contributed by atoms with E-state index in [0.29, 0.717) is 23.3 Å². The number of hydrogen-bond acceptors (Lipinski definition) is 2. The smallest absolute Gasteiger partial charge is 0.160 e. The first-order valence-corrected chi connectivity index (χ1v) is 10.6. The number of halogens is 2. The van der Waals surface area contributed by atoms with Crippen molar-refractivity contribution in [3.8, 4) is 11.1 Å². The molecule has 1 saturated heterocycles. The van der Waals surface area contributed by atoms with Crippen molar-refractivity contribution in [1.29, 1.82) is 0 Å². The zero-order chi connectivity index (χ0) is 20.2. The molecular weight excluding hydrogens is 370 g/mol. The van der Waals surface area contributed by atoms with E-state index in [4.69, 9.17) is 9.47 Å². The molecule has 1 aliphatic carbocycles. The highest BCUT2D eigenvalue weighted by Gasteiger charge is 2.32. The molecule has 0 unspecified atom stereocenters. The van der Waals surface area contributed by atoms with Crippen molar-refractivity contribution in [3.05, 3.63) is 71.8 Å². The van der Waals surface area contributed by atoms with Gasteiger partial charge in [-0.1, -0.05) is 42.5 Å². The van der Waals surface area contributed by atoms with Gasteiger partial charge < -0.3 is 9.47 Å². The maximum absolute atomic E-state index is 13.5. The van der Waals surface area contributed by atoms with Crippen LogP contribution in [0.15, 0.2) is 54.6 Å². The van der Waals surface area contributed by atoms with Gasteiger partial charge in [-0.2, -0.15) is 0 Å². The number of rotatable bonds is 4. The SMILES string of the molecule is C/C=C/[C@H]1CO[C@H](C2CCC(c3ccc(-c4ccc(F)c(F)c4)cc3)CC2)OC1. The average molecular weight is 398 g/mol. The molecule has 2 aromatic carbocycles. The van der Waals surface area contributed by atoms with E-state index < -0.39 is 11.6 Å². The molecule has 0 bridgehead atoms. The van der Waals surface area contributed by atoms with Gasteiger partial charge in [0, 0.05) is 11.8 Å². The van der Waals surface area contributed by atoms with Crippen molar-refractivity contribution in [1.82, 2.24) is 0 Å². The summed E-state index contributed by atoms with van der Waals surface area (Å²) in [4.78, 5) is 0. The van der Waals surface area contributed by atoms with Crippen LogP contribution in [0.2, 0.25) is 0 Å². The third kappa shape index (κ3) is 4.76. The molecule has 0 amide bonds. The van der Waals surface area contributed by atoms with Crippen LogP contribution in [0.3, 0.4) is 0 Å². The quantitative estimate of drug-likeness (QED) is 0.550. The first-order valence-electron chi connectivity index (χ1n) is 10.6. The summed E-state index contributed by atoms with van der Waals surface area (Å²) >= 11 is 0. The molecule has 154 valence electrons. The summed E-state index contributed by atoms with van der Waals surface area (Å²) in [5.74, 6) is -0.246. The fraction of sp³-hybridized carbons (Fsp3) is 0.440. The molecule has 1 heterocycles. The van der Waals surface area contributed by atoms with Gasteiger partial charge in [0.15, 0.2) is 17.9 Å². The molecule has 0 N–H and O–H groups in total. The molecule has 4 rings (SSSR count). The predicted octanol–water partition coefficient (Wildman–Crippen LogP) is 6.47.